The Hall–Kier alpha value is -0.710. The molecule has 3 aliphatic heterocycles. The van der Waals surface area contributed by atoms with E-state index in [1.807, 2.05) is 0 Å². The van der Waals surface area contributed by atoms with E-state index in [1.165, 1.54) is 64.2 Å². The highest BCUT2D eigenvalue weighted by molar-refractivity contribution is 5.51. The SMILES string of the molecule is CN(C)C1CCC(C=CC23OCCN2C2CCC(C4CCCC=[N+]4C)CC2C3(C)C)CC1. The third-order valence-electron chi connectivity index (χ3n) is 10.4. The van der Waals surface area contributed by atoms with Crippen LogP contribution in [0.3, 0.4) is 0 Å². The molecule has 5 rings (SSSR count). The van der Waals surface area contributed by atoms with E-state index in [2.05, 4.69) is 67.7 Å². The summed E-state index contributed by atoms with van der Waals surface area (Å²) < 4.78 is 9.30. The number of allylic oxidation sites excluding steroid dienone is 1. The first kappa shape index (κ1) is 23.1. The standard InChI is InChI=1S/C28H48N3O/c1-27(2)24-20-22(25-8-6-7-17-30(25)5)11-14-26(24)31-18-19-32-28(27,31)16-15-21-9-12-23(13-10-21)29(3)4/h15-17,21-26H,6-14,18-20H2,1-5H3/q+1. The molecule has 4 heteroatoms. The normalized spacial score (nSPS) is 44.6. The second kappa shape index (κ2) is 8.82. The van der Waals surface area contributed by atoms with Crippen molar-refractivity contribution in [3.8, 4) is 0 Å². The predicted molar refractivity (Wildman–Crippen MR) is 132 cm³/mol. The summed E-state index contributed by atoms with van der Waals surface area (Å²) in [5.74, 6) is 2.31. The third-order valence-corrected chi connectivity index (χ3v) is 10.4. The molecule has 0 radical (unpaired) electrons. The van der Waals surface area contributed by atoms with Gasteiger partial charge in [-0.25, -0.2) is 4.58 Å². The number of hydrogen-bond acceptors (Lipinski definition) is 3. The molecule has 2 saturated heterocycles. The van der Waals surface area contributed by atoms with Crippen LogP contribution in [-0.4, -0.2) is 78.7 Å². The number of nitrogens with zero attached hydrogens (tertiary/aromatic N) is 3. The van der Waals surface area contributed by atoms with Gasteiger partial charge in [0.25, 0.3) is 0 Å². The van der Waals surface area contributed by atoms with Crippen molar-refractivity contribution in [1.29, 1.82) is 0 Å². The molecule has 0 amide bonds. The fourth-order valence-corrected chi connectivity index (χ4v) is 8.43. The lowest BCUT2D eigenvalue weighted by molar-refractivity contribution is -0.550. The van der Waals surface area contributed by atoms with Crippen LogP contribution in [0.25, 0.3) is 0 Å². The van der Waals surface area contributed by atoms with Gasteiger partial charge in [-0.05, 0) is 83.4 Å². The summed E-state index contributed by atoms with van der Waals surface area (Å²) in [5.41, 5.74) is -0.0126. The molecule has 4 fully saturated rings. The summed E-state index contributed by atoms with van der Waals surface area (Å²) in [6.07, 6.45) is 21.1. The molecule has 3 heterocycles. The van der Waals surface area contributed by atoms with Gasteiger partial charge in [0.15, 0.2) is 6.04 Å². The monoisotopic (exact) mass is 442 g/mol. The molecule has 5 aliphatic rings. The van der Waals surface area contributed by atoms with Crippen LogP contribution in [0, 0.1) is 23.2 Å². The number of hydrogen-bond donors (Lipinski definition) is 0. The largest absolute Gasteiger partial charge is 0.355 e. The van der Waals surface area contributed by atoms with Crippen LogP contribution in [0.1, 0.15) is 78.1 Å². The Labute approximate surface area is 197 Å². The van der Waals surface area contributed by atoms with Gasteiger partial charge in [0.2, 0.25) is 0 Å². The zero-order valence-electron chi connectivity index (χ0n) is 21.4. The van der Waals surface area contributed by atoms with Gasteiger partial charge in [0.05, 0.1) is 6.61 Å². The molecule has 0 N–H and O–H groups in total. The summed E-state index contributed by atoms with van der Waals surface area (Å²) in [6, 6.07) is 2.24. The van der Waals surface area contributed by atoms with Crippen LogP contribution >= 0.6 is 0 Å². The van der Waals surface area contributed by atoms with E-state index in [0.717, 1.165) is 43.0 Å². The highest BCUT2D eigenvalue weighted by Crippen LogP contribution is 2.60. The summed E-state index contributed by atoms with van der Waals surface area (Å²) in [6.45, 7) is 7.07. The summed E-state index contributed by atoms with van der Waals surface area (Å²) >= 11 is 0. The first-order chi connectivity index (χ1) is 15.3. The molecule has 2 saturated carbocycles. The molecular formula is C28H48N3O+. The molecule has 2 aliphatic carbocycles. The Kier molecular flexibility index (Phi) is 6.35. The smallest absolute Gasteiger partial charge is 0.154 e. The predicted octanol–water partition coefficient (Wildman–Crippen LogP) is 4.78. The Morgan fingerprint density at radius 2 is 1.84 bits per heavy atom. The van der Waals surface area contributed by atoms with Gasteiger partial charge in [0.1, 0.15) is 19.0 Å². The molecule has 4 nitrogen and oxygen atoms in total. The van der Waals surface area contributed by atoms with E-state index in [4.69, 9.17) is 4.74 Å². The van der Waals surface area contributed by atoms with Crippen molar-refractivity contribution in [1.82, 2.24) is 9.80 Å². The van der Waals surface area contributed by atoms with Crippen molar-refractivity contribution < 1.29 is 9.31 Å². The van der Waals surface area contributed by atoms with Gasteiger partial charge in [-0.15, -0.1) is 0 Å². The Morgan fingerprint density at radius 1 is 1.06 bits per heavy atom. The summed E-state index contributed by atoms with van der Waals surface area (Å²) in [5, 5.41) is 0. The van der Waals surface area contributed by atoms with Crippen LogP contribution in [0.4, 0.5) is 0 Å². The maximum Gasteiger partial charge on any atom is 0.154 e. The first-order valence-electron chi connectivity index (χ1n) is 13.7. The van der Waals surface area contributed by atoms with E-state index in [0.29, 0.717) is 6.04 Å². The van der Waals surface area contributed by atoms with Crippen molar-refractivity contribution in [2.45, 2.75) is 102 Å². The molecular weight excluding hydrogens is 394 g/mol. The summed E-state index contributed by atoms with van der Waals surface area (Å²) in [7, 11) is 6.80. The van der Waals surface area contributed by atoms with Crippen molar-refractivity contribution in [3.63, 3.8) is 0 Å². The van der Waals surface area contributed by atoms with Crippen LogP contribution < -0.4 is 0 Å². The van der Waals surface area contributed by atoms with E-state index >= 15 is 0 Å². The van der Waals surface area contributed by atoms with Crippen LogP contribution in [0.15, 0.2) is 12.2 Å². The molecule has 5 unspecified atom stereocenters. The fourth-order valence-electron chi connectivity index (χ4n) is 8.43. The van der Waals surface area contributed by atoms with Gasteiger partial charge >= 0.3 is 0 Å². The van der Waals surface area contributed by atoms with Crippen molar-refractivity contribution in [3.05, 3.63) is 12.2 Å². The fraction of sp³-hybridized carbons (Fsp3) is 0.893. The topological polar surface area (TPSA) is 18.7 Å². The van der Waals surface area contributed by atoms with Crippen LogP contribution in [0.2, 0.25) is 0 Å². The maximum absolute atomic E-state index is 6.74. The Bertz CT molecular complexity index is 735. The Balaban J connectivity index is 1.33. The number of ether oxygens (including phenoxy) is 1. The highest BCUT2D eigenvalue weighted by atomic mass is 16.5. The lowest BCUT2D eigenvalue weighted by Crippen LogP contribution is -2.49. The van der Waals surface area contributed by atoms with Crippen molar-refractivity contribution in [2.24, 2.45) is 23.2 Å². The third kappa shape index (κ3) is 3.73. The molecule has 0 aromatic rings. The quantitative estimate of drug-likeness (QED) is 0.461. The second-order valence-electron chi connectivity index (χ2n) is 12.4. The maximum atomic E-state index is 6.74. The van der Waals surface area contributed by atoms with Gasteiger partial charge in [-0.3, -0.25) is 4.90 Å². The van der Waals surface area contributed by atoms with Gasteiger partial charge in [-0.2, -0.15) is 0 Å². The van der Waals surface area contributed by atoms with Crippen molar-refractivity contribution in [2.75, 3.05) is 34.3 Å². The molecule has 0 aromatic heterocycles. The molecule has 0 bridgehead atoms. The minimum Gasteiger partial charge on any atom is -0.355 e. The van der Waals surface area contributed by atoms with E-state index < -0.39 is 0 Å². The second-order valence-corrected chi connectivity index (χ2v) is 12.4. The minimum atomic E-state index is -0.180. The Morgan fingerprint density at radius 3 is 2.56 bits per heavy atom. The lowest BCUT2D eigenvalue weighted by Gasteiger charge is -2.43. The van der Waals surface area contributed by atoms with E-state index in [9.17, 15) is 0 Å². The van der Waals surface area contributed by atoms with Gasteiger partial charge in [-0.1, -0.05) is 19.9 Å². The van der Waals surface area contributed by atoms with Gasteiger partial charge in [0, 0.05) is 42.8 Å². The zero-order chi connectivity index (χ0) is 22.5. The zero-order valence-corrected chi connectivity index (χ0v) is 21.4. The minimum absolute atomic E-state index is 0.168. The number of fused-ring (bicyclic) bond motifs is 3. The summed E-state index contributed by atoms with van der Waals surface area (Å²) in [4.78, 5) is 5.22. The van der Waals surface area contributed by atoms with Crippen molar-refractivity contribution >= 4 is 6.21 Å². The average molecular weight is 443 g/mol. The first-order valence-corrected chi connectivity index (χ1v) is 13.7. The molecule has 5 atom stereocenters. The van der Waals surface area contributed by atoms with Gasteiger partial charge < -0.3 is 9.64 Å². The van der Waals surface area contributed by atoms with Crippen LogP contribution in [0.5, 0.6) is 0 Å². The van der Waals surface area contributed by atoms with E-state index in [1.54, 1.807) is 0 Å². The molecule has 32 heavy (non-hydrogen) atoms. The molecule has 0 spiro atoms. The van der Waals surface area contributed by atoms with E-state index in [-0.39, 0.29) is 11.1 Å². The molecule has 180 valence electrons. The lowest BCUT2D eigenvalue weighted by atomic mass is 9.64. The number of rotatable bonds is 4. The molecule has 0 aromatic carbocycles. The van der Waals surface area contributed by atoms with Crippen LogP contribution in [-0.2, 0) is 4.74 Å². The highest BCUT2D eigenvalue weighted by Gasteiger charge is 2.66. The average Bonchev–Trinajstić information content (AvgIpc) is 3.30.